The maximum atomic E-state index is 11.6. The Balaban J connectivity index is 3.32. The SMILES string of the molecule is CCOC(=O)c1cc(I)cc(OC)c1C#N. The number of benzene rings is 1. The van der Waals surface area contributed by atoms with Crippen molar-refractivity contribution < 1.29 is 14.3 Å². The van der Waals surface area contributed by atoms with Crippen molar-refractivity contribution in [1.29, 1.82) is 5.26 Å². The molecule has 5 heteroatoms. The van der Waals surface area contributed by atoms with Gasteiger partial charge >= 0.3 is 5.97 Å². The number of hydrogen-bond acceptors (Lipinski definition) is 4. The Labute approximate surface area is 107 Å². The molecule has 0 saturated heterocycles. The number of nitriles is 1. The molecule has 16 heavy (non-hydrogen) atoms. The molecular formula is C11H10INO3. The summed E-state index contributed by atoms with van der Waals surface area (Å²) < 4.78 is 10.7. The van der Waals surface area contributed by atoms with Crippen LogP contribution in [-0.4, -0.2) is 19.7 Å². The van der Waals surface area contributed by atoms with Gasteiger partial charge in [0.05, 0.1) is 19.3 Å². The highest BCUT2D eigenvalue weighted by Crippen LogP contribution is 2.25. The quantitative estimate of drug-likeness (QED) is 0.630. The zero-order chi connectivity index (χ0) is 12.1. The first-order chi connectivity index (χ1) is 7.63. The summed E-state index contributed by atoms with van der Waals surface area (Å²) in [5, 5.41) is 9.00. The van der Waals surface area contributed by atoms with Gasteiger partial charge in [-0.05, 0) is 41.6 Å². The summed E-state index contributed by atoms with van der Waals surface area (Å²) in [6.07, 6.45) is 0. The van der Waals surface area contributed by atoms with Gasteiger partial charge in [-0.1, -0.05) is 0 Å². The topological polar surface area (TPSA) is 59.3 Å². The number of hydrogen-bond donors (Lipinski definition) is 0. The van der Waals surface area contributed by atoms with Crippen molar-refractivity contribution in [3.05, 3.63) is 26.8 Å². The zero-order valence-corrected chi connectivity index (χ0v) is 11.1. The predicted octanol–water partition coefficient (Wildman–Crippen LogP) is 2.35. The largest absolute Gasteiger partial charge is 0.495 e. The summed E-state index contributed by atoms with van der Waals surface area (Å²) >= 11 is 2.05. The van der Waals surface area contributed by atoms with Crippen LogP contribution in [0.5, 0.6) is 5.75 Å². The summed E-state index contributed by atoms with van der Waals surface area (Å²) in [7, 11) is 1.46. The van der Waals surface area contributed by atoms with Gasteiger partial charge in [0, 0.05) is 3.57 Å². The highest BCUT2D eigenvalue weighted by Gasteiger charge is 2.17. The number of carbonyl (C=O) groups is 1. The van der Waals surface area contributed by atoms with Crippen LogP contribution in [0.4, 0.5) is 0 Å². The predicted molar refractivity (Wildman–Crippen MR) is 66.4 cm³/mol. The number of nitrogens with zero attached hydrogens (tertiary/aromatic N) is 1. The number of rotatable bonds is 3. The molecule has 0 aliphatic heterocycles. The van der Waals surface area contributed by atoms with Crippen LogP contribution in [0, 0.1) is 14.9 Å². The van der Waals surface area contributed by atoms with Crippen LogP contribution in [0.3, 0.4) is 0 Å². The van der Waals surface area contributed by atoms with Crippen LogP contribution in [0.2, 0.25) is 0 Å². The maximum Gasteiger partial charge on any atom is 0.339 e. The first kappa shape index (κ1) is 12.8. The molecule has 0 bridgehead atoms. The van der Waals surface area contributed by atoms with Gasteiger partial charge in [-0.3, -0.25) is 0 Å². The average Bonchev–Trinajstić information content (AvgIpc) is 2.28. The third kappa shape index (κ3) is 2.64. The van der Waals surface area contributed by atoms with Gasteiger partial charge in [0.25, 0.3) is 0 Å². The van der Waals surface area contributed by atoms with Gasteiger partial charge in [-0.2, -0.15) is 5.26 Å². The van der Waals surface area contributed by atoms with Crippen LogP contribution in [-0.2, 0) is 4.74 Å². The minimum Gasteiger partial charge on any atom is -0.495 e. The fourth-order valence-electron chi connectivity index (χ4n) is 1.23. The maximum absolute atomic E-state index is 11.6. The summed E-state index contributed by atoms with van der Waals surface area (Å²) in [4.78, 5) is 11.6. The lowest BCUT2D eigenvalue weighted by atomic mass is 10.1. The molecule has 0 fully saturated rings. The van der Waals surface area contributed by atoms with E-state index in [0.717, 1.165) is 3.57 Å². The number of ether oxygens (including phenoxy) is 2. The minimum atomic E-state index is -0.504. The summed E-state index contributed by atoms with van der Waals surface area (Å²) in [6, 6.07) is 5.26. The molecule has 1 rings (SSSR count). The summed E-state index contributed by atoms with van der Waals surface area (Å²) in [5.41, 5.74) is 0.453. The smallest absolute Gasteiger partial charge is 0.339 e. The molecule has 0 heterocycles. The first-order valence-corrected chi connectivity index (χ1v) is 5.66. The van der Waals surface area contributed by atoms with Crippen molar-refractivity contribution in [2.45, 2.75) is 6.92 Å². The molecule has 0 atom stereocenters. The van der Waals surface area contributed by atoms with E-state index in [2.05, 4.69) is 22.6 Å². The molecular weight excluding hydrogens is 321 g/mol. The molecule has 4 nitrogen and oxygen atoms in total. The number of carbonyl (C=O) groups excluding carboxylic acids is 1. The van der Waals surface area contributed by atoms with E-state index in [0.29, 0.717) is 5.75 Å². The molecule has 0 spiro atoms. The van der Waals surface area contributed by atoms with Crippen LogP contribution in [0.1, 0.15) is 22.8 Å². The van der Waals surface area contributed by atoms with E-state index in [4.69, 9.17) is 14.7 Å². The molecule has 1 aromatic rings. The van der Waals surface area contributed by atoms with E-state index < -0.39 is 5.97 Å². The van der Waals surface area contributed by atoms with Gasteiger partial charge in [0.2, 0.25) is 0 Å². The second kappa shape index (κ2) is 5.70. The molecule has 0 N–H and O–H groups in total. The fraction of sp³-hybridized carbons (Fsp3) is 0.273. The monoisotopic (exact) mass is 331 g/mol. The molecule has 0 aliphatic rings. The molecule has 0 amide bonds. The molecule has 0 radical (unpaired) electrons. The van der Waals surface area contributed by atoms with Crippen LogP contribution in [0.15, 0.2) is 12.1 Å². The fourth-order valence-corrected chi connectivity index (χ4v) is 1.82. The lowest BCUT2D eigenvalue weighted by Gasteiger charge is -2.08. The lowest BCUT2D eigenvalue weighted by molar-refractivity contribution is 0.0525. The van der Waals surface area contributed by atoms with E-state index in [1.165, 1.54) is 7.11 Å². The standard InChI is InChI=1S/C11H10INO3/c1-3-16-11(14)8-4-7(12)5-10(15-2)9(8)6-13/h4-5H,3H2,1-2H3. The highest BCUT2D eigenvalue weighted by atomic mass is 127. The van der Waals surface area contributed by atoms with E-state index in [-0.39, 0.29) is 17.7 Å². The molecule has 0 aliphatic carbocycles. The van der Waals surface area contributed by atoms with Crippen LogP contribution < -0.4 is 4.74 Å². The van der Waals surface area contributed by atoms with E-state index >= 15 is 0 Å². The average molecular weight is 331 g/mol. The van der Waals surface area contributed by atoms with Crippen LogP contribution in [0.25, 0.3) is 0 Å². The third-order valence-electron chi connectivity index (χ3n) is 1.89. The van der Waals surface area contributed by atoms with Crippen molar-refractivity contribution in [1.82, 2.24) is 0 Å². The van der Waals surface area contributed by atoms with E-state index in [1.54, 1.807) is 19.1 Å². The molecule has 84 valence electrons. The summed E-state index contributed by atoms with van der Waals surface area (Å²) in [5.74, 6) is -0.117. The number of esters is 1. The lowest BCUT2D eigenvalue weighted by Crippen LogP contribution is -2.08. The van der Waals surface area contributed by atoms with Crippen molar-refractivity contribution in [2.75, 3.05) is 13.7 Å². The number of methoxy groups -OCH3 is 1. The third-order valence-corrected chi connectivity index (χ3v) is 2.52. The Morgan fingerprint density at radius 3 is 2.75 bits per heavy atom. The molecule has 0 aromatic heterocycles. The second-order valence-electron chi connectivity index (χ2n) is 2.86. The van der Waals surface area contributed by atoms with Crippen LogP contribution >= 0.6 is 22.6 Å². The zero-order valence-electron chi connectivity index (χ0n) is 8.91. The van der Waals surface area contributed by atoms with Crippen molar-refractivity contribution in [3.63, 3.8) is 0 Å². The van der Waals surface area contributed by atoms with Crippen molar-refractivity contribution >= 4 is 28.6 Å². The Morgan fingerprint density at radius 2 is 2.25 bits per heavy atom. The van der Waals surface area contributed by atoms with Crippen molar-refractivity contribution in [3.8, 4) is 11.8 Å². The second-order valence-corrected chi connectivity index (χ2v) is 4.11. The Hall–Kier alpha value is -1.29. The van der Waals surface area contributed by atoms with Gasteiger partial charge < -0.3 is 9.47 Å². The molecule has 1 aromatic carbocycles. The molecule has 0 saturated carbocycles. The van der Waals surface area contributed by atoms with Gasteiger partial charge in [0.15, 0.2) is 0 Å². The Bertz CT molecular complexity index is 451. The van der Waals surface area contributed by atoms with Gasteiger partial charge in [-0.15, -0.1) is 0 Å². The normalized spacial score (nSPS) is 9.38. The van der Waals surface area contributed by atoms with Crippen molar-refractivity contribution in [2.24, 2.45) is 0 Å². The Morgan fingerprint density at radius 1 is 1.56 bits per heavy atom. The first-order valence-electron chi connectivity index (χ1n) is 4.58. The Kier molecular flexibility index (Phi) is 4.55. The minimum absolute atomic E-state index is 0.210. The summed E-state index contributed by atoms with van der Waals surface area (Å²) in [6.45, 7) is 1.99. The van der Waals surface area contributed by atoms with E-state index in [1.807, 2.05) is 6.07 Å². The number of halogens is 1. The van der Waals surface area contributed by atoms with Gasteiger partial charge in [-0.25, -0.2) is 4.79 Å². The van der Waals surface area contributed by atoms with Gasteiger partial charge in [0.1, 0.15) is 17.4 Å². The molecule has 0 unspecified atom stereocenters. The highest BCUT2D eigenvalue weighted by molar-refractivity contribution is 14.1. The van der Waals surface area contributed by atoms with E-state index in [9.17, 15) is 4.79 Å².